The minimum absolute atomic E-state index is 0.177. The van der Waals surface area contributed by atoms with Gasteiger partial charge in [-0.2, -0.15) is 0 Å². The topological polar surface area (TPSA) is 81.4 Å². The Hall–Kier alpha value is -3.41. The Morgan fingerprint density at radius 3 is 2.46 bits per heavy atom. The van der Waals surface area contributed by atoms with Crippen LogP contribution in [0.1, 0.15) is 35.7 Å². The van der Waals surface area contributed by atoms with Crippen LogP contribution in [0.15, 0.2) is 65.4 Å². The molecule has 3 aromatic rings. The van der Waals surface area contributed by atoms with E-state index in [-0.39, 0.29) is 11.9 Å². The largest absolute Gasteiger partial charge is 0.465 e. The molecule has 0 saturated heterocycles. The van der Waals surface area contributed by atoms with Crippen LogP contribution in [-0.4, -0.2) is 23.6 Å². The Bertz CT molecular complexity index is 989. The lowest BCUT2D eigenvalue weighted by Gasteiger charge is -2.14. The number of amides is 1. The lowest BCUT2D eigenvalue weighted by Crippen LogP contribution is -2.23. The Labute approximate surface area is 162 Å². The molecular formula is C22H20N2O4. The first kappa shape index (κ1) is 18.0. The predicted octanol–water partition coefficient (Wildman–Crippen LogP) is 4.19. The zero-order valence-electron chi connectivity index (χ0n) is 15.5. The molecule has 1 heterocycles. The van der Waals surface area contributed by atoms with Gasteiger partial charge in [-0.05, 0) is 37.5 Å². The highest BCUT2D eigenvalue weighted by molar-refractivity contribution is 6.07. The van der Waals surface area contributed by atoms with Crippen molar-refractivity contribution < 1.29 is 18.8 Å². The van der Waals surface area contributed by atoms with E-state index in [0.29, 0.717) is 23.6 Å². The van der Waals surface area contributed by atoms with E-state index in [9.17, 15) is 9.59 Å². The smallest absolute Gasteiger partial charge is 0.316 e. The molecule has 1 aromatic heterocycles. The van der Waals surface area contributed by atoms with Gasteiger partial charge < -0.3 is 14.6 Å². The molecule has 1 saturated carbocycles. The fourth-order valence-electron chi connectivity index (χ4n) is 3.28. The molecule has 0 atom stereocenters. The number of ether oxygens (including phenoxy) is 1. The van der Waals surface area contributed by atoms with E-state index in [4.69, 9.17) is 9.26 Å². The fourth-order valence-corrected chi connectivity index (χ4v) is 3.28. The molecule has 1 amide bonds. The maximum absolute atomic E-state index is 12.7. The van der Waals surface area contributed by atoms with E-state index in [1.54, 1.807) is 19.1 Å². The molecule has 0 bridgehead atoms. The Morgan fingerprint density at radius 1 is 1.11 bits per heavy atom. The monoisotopic (exact) mass is 376 g/mol. The lowest BCUT2D eigenvalue weighted by atomic mass is 9.96. The number of carbonyl (C=O) groups excluding carboxylic acids is 2. The van der Waals surface area contributed by atoms with Crippen molar-refractivity contribution in [3.05, 3.63) is 72.0 Å². The number of rotatable bonds is 6. The van der Waals surface area contributed by atoms with Crippen molar-refractivity contribution in [3.8, 4) is 11.3 Å². The van der Waals surface area contributed by atoms with Gasteiger partial charge in [0.25, 0.3) is 5.91 Å². The summed E-state index contributed by atoms with van der Waals surface area (Å²) in [6.07, 6.45) is 2.92. The maximum Gasteiger partial charge on any atom is 0.316 e. The van der Waals surface area contributed by atoms with Crippen molar-refractivity contribution in [1.82, 2.24) is 5.16 Å². The van der Waals surface area contributed by atoms with Crippen LogP contribution in [0.3, 0.4) is 0 Å². The average molecular weight is 376 g/mol. The normalized spacial score (nSPS) is 14.3. The lowest BCUT2D eigenvalue weighted by molar-refractivity contribution is -0.146. The Kier molecular flexibility index (Phi) is 4.69. The summed E-state index contributed by atoms with van der Waals surface area (Å²) in [7, 11) is 0. The molecular weight excluding hydrogens is 356 g/mol. The number of benzene rings is 2. The number of nitrogens with one attached hydrogen (secondary N) is 1. The van der Waals surface area contributed by atoms with Crippen molar-refractivity contribution in [3.63, 3.8) is 0 Å². The Morgan fingerprint density at radius 2 is 1.82 bits per heavy atom. The van der Waals surface area contributed by atoms with E-state index in [2.05, 4.69) is 10.5 Å². The highest BCUT2D eigenvalue weighted by Gasteiger charge is 2.52. The van der Waals surface area contributed by atoms with Crippen molar-refractivity contribution >= 4 is 17.6 Å². The van der Waals surface area contributed by atoms with Gasteiger partial charge in [-0.3, -0.25) is 9.59 Å². The summed E-state index contributed by atoms with van der Waals surface area (Å²) in [6, 6.07) is 16.7. The first-order valence-corrected chi connectivity index (χ1v) is 9.23. The maximum atomic E-state index is 12.7. The van der Waals surface area contributed by atoms with Crippen LogP contribution in [0.2, 0.25) is 0 Å². The third kappa shape index (κ3) is 3.29. The summed E-state index contributed by atoms with van der Waals surface area (Å²) in [4.78, 5) is 24.9. The van der Waals surface area contributed by atoms with Crippen molar-refractivity contribution in [2.24, 2.45) is 0 Å². The highest BCUT2D eigenvalue weighted by Crippen LogP contribution is 2.49. The first-order valence-electron chi connectivity index (χ1n) is 9.23. The van der Waals surface area contributed by atoms with Crippen LogP contribution in [-0.2, 0) is 14.9 Å². The van der Waals surface area contributed by atoms with Crippen molar-refractivity contribution in [2.75, 3.05) is 11.9 Å². The molecule has 1 aliphatic carbocycles. The average Bonchev–Trinajstić information content (AvgIpc) is 3.38. The van der Waals surface area contributed by atoms with Gasteiger partial charge in [-0.25, -0.2) is 0 Å². The number of carbonyl (C=O) groups is 2. The van der Waals surface area contributed by atoms with Gasteiger partial charge in [0.1, 0.15) is 17.5 Å². The molecule has 0 aliphatic heterocycles. The van der Waals surface area contributed by atoms with E-state index >= 15 is 0 Å². The number of hydrogen-bond acceptors (Lipinski definition) is 5. The van der Waals surface area contributed by atoms with E-state index in [1.165, 1.54) is 6.26 Å². The van der Waals surface area contributed by atoms with Gasteiger partial charge in [-0.15, -0.1) is 0 Å². The Balaban J connectivity index is 1.50. The minimum Gasteiger partial charge on any atom is -0.465 e. The molecule has 6 heteroatoms. The number of hydrogen-bond donors (Lipinski definition) is 1. The van der Waals surface area contributed by atoms with Crippen LogP contribution in [0.4, 0.5) is 5.69 Å². The van der Waals surface area contributed by atoms with Crippen molar-refractivity contribution in [2.45, 2.75) is 25.2 Å². The molecule has 142 valence electrons. The second kappa shape index (κ2) is 7.31. The summed E-state index contributed by atoms with van der Waals surface area (Å²) in [5.74, 6) is -0.483. The third-order valence-electron chi connectivity index (χ3n) is 4.97. The van der Waals surface area contributed by atoms with Gasteiger partial charge in [0.15, 0.2) is 0 Å². The molecule has 0 spiro atoms. The van der Waals surface area contributed by atoms with Gasteiger partial charge in [0.2, 0.25) is 0 Å². The molecule has 0 unspecified atom stereocenters. The highest BCUT2D eigenvalue weighted by atomic mass is 16.5. The molecule has 1 aliphatic rings. The van der Waals surface area contributed by atoms with Crippen LogP contribution in [0.5, 0.6) is 0 Å². The summed E-state index contributed by atoms with van der Waals surface area (Å²) in [5.41, 5.74) is 2.69. The van der Waals surface area contributed by atoms with E-state index in [0.717, 1.165) is 24.0 Å². The van der Waals surface area contributed by atoms with Gasteiger partial charge in [0, 0.05) is 11.3 Å². The van der Waals surface area contributed by atoms with E-state index in [1.807, 2.05) is 42.5 Å². The molecule has 1 N–H and O–H groups in total. The molecule has 2 aromatic carbocycles. The zero-order valence-corrected chi connectivity index (χ0v) is 15.5. The second-order valence-electron chi connectivity index (χ2n) is 6.78. The van der Waals surface area contributed by atoms with Crippen LogP contribution in [0.25, 0.3) is 11.3 Å². The van der Waals surface area contributed by atoms with Gasteiger partial charge >= 0.3 is 5.97 Å². The molecule has 1 fully saturated rings. The van der Waals surface area contributed by atoms with E-state index < -0.39 is 5.41 Å². The standard InChI is InChI=1S/C22H20N2O4/c1-2-27-21(26)22(12-13-22)16-8-10-17(11-9-16)23-20(25)18-14-28-24-19(18)15-6-4-3-5-7-15/h3-11,14H,2,12-13H2,1H3,(H,23,25). The van der Waals surface area contributed by atoms with Crippen molar-refractivity contribution in [1.29, 1.82) is 0 Å². The summed E-state index contributed by atoms with van der Waals surface area (Å²) in [6.45, 7) is 2.18. The van der Waals surface area contributed by atoms with Gasteiger partial charge in [0.05, 0.1) is 12.0 Å². The summed E-state index contributed by atoms with van der Waals surface area (Å²) >= 11 is 0. The number of aromatic nitrogens is 1. The minimum atomic E-state index is -0.520. The van der Waals surface area contributed by atoms with Crippen LogP contribution in [0, 0.1) is 0 Å². The number of anilines is 1. The number of esters is 1. The molecule has 6 nitrogen and oxygen atoms in total. The SMILES string of the molecule is CCOC(=O)C1(c2ccc(NC(=O)c3conc3-c3ccccc3)cc2)CC1. The molecule has 0 radical (unpaired) electrons. The third-order valence-corrected chi connectivity index (χ3v) is 4.97. The fraction of sp³-hybridized carbons (Fsp3) is 0.227. The first-order chi connectivity index (χ1) is 13.6. The van der Waals surface area contributed by atoms with Crippen LogP contribution >= 0.6 is 0 Å². The summed E-state index contributed by atoms with van der Waals surface area (Å²) < 4.78 is 10.2. The molecule has 4 rings (SSSR count). The summed E-state index contributed by atoms with van der Waals surface area (Å²) in [5, 5.41) is 6.81. The van der Waals surface area contributed by atoms with Crippen LogP contribution < -0.4 is 5.32 Å². The van der Waals surface area contributed by atoms with Gasteiger partial charge in [-0.1, -0.05) is 47.6 Å². The predicted molar refractivity (Wildman–Crippen MR) is 104 cm³/mol. The zero-order chi connectivity index (χ0) is 19.6. The second-order valence-corrected chi connectivity index (χ2v) is 6.78. The number of nitrogens with zero attached hydrogens (tertiary/aromatic N) is 1. The molecule has 28 heavy (non-hydrogen) atoms. The quantitative estimate of drug-likeness (QED) is 0.653.